The maximum absolute atomic E-state index is 9.03. The van der Waals surface area contributed by atoms with Crippen molar-refractivity contribution < 1.29 is 40.5 Å². The molecule has 0 atom stereocenters. The fraction of sp³-hybridized carbons (Fsp3) is 1.00. The molecular weight excluding hydrogens is 308 g/mol. The van der Waals surface area contributed by atoms with Gasteiger partial charge in [0.25, 0.3) is 0 Å². The number of rotatable bonds is 13. The van der Waals surface area contributed by atoms with Gasteiger partial charge < -0.3 is 40.5 Å². The summed E-state index contributed by atoms with van der Waals surface area (Å²) in [7, 11) is 0. The number of hydrogen-bond acceptors (Lipinski definition) is 8. The predicted molar refractivity (Wildman–Crippen MR) is 84.8 cm³/mol. The molecule has 8 heteroatoms. The molecule has 0 radical (unpaired) electrons. The van der Waals surface area contributed by atoms with Crippen LogP contribution in [0.25, 0.3) is 0 Å². The summed E-state index contributed by atoms with van der Waals surface area (Å²) in [5.41, 5.74) is -2.32. The molecule has 0 aromatic rings. The van der Waals surface area contributed by atoms with E-state index in [0.29, 0.717) is 6.61 Å². The van der Waals surface area contributed by atoms with E-state index < -0.39 is 50.5 Å². The van der Waals surface area contributed by atoms with Gasteiger partial charge >= 0.3 is 0 Å². The van der Waals surface area contributed by atoms with E-state index in [4.69, 9.17) is 40.5 Å². The highest BCUT2D eigenvalue weighted by Crippen LogP contribution is 2.19. The highest BCUT2D eigenvalue weighted by atomic mass is 16.5. The smallest absolute Gasteiger partial charge is 0.0629 e. The molecule has 0 unspecified atom stereocenters. The minimum atomic E-state index is -1.16. The number of ether oxygens (including phenoxy) is 1. The molecule has 0 amide bonds. The molecule has 0 aliphatic carbocycles. The first-order valence-corrected chi connectivity index (χ1v) is 7.83. The van der Waals surface area contributed by atoms with Crippen molar-refractivity contribution >= 4 is 0 Å². The third-order valence-electron chi connectivity index (χ3n) is 3.59. The lowest BCUT2D eigenvalue weighted by molar-refractivity contribution is -0.103. The first kappa shape index (κ1) is 24.9. The summed E-state index contributed by atoms with van der Waals surface area (Å²) < 4.78 is 5.15. The Kier molecular flexibility index (Phi) is 16.5. The topological polar surface area (TPSA) is 151 Å². The molecule has 0 aliphatic rings. The van der Waals surface area contributed by atoms with Crippen molar-refractivity contribution in [3.63, 3.8) is 0 Å². The van der Waals surface area contributed by atoms with Crippen molar-refractivity contribution in [2.45, 2.75) is 26.2 Å². The molecule has 0 bridgehead atoms. The standard InChI is InChI=1S/C10H22O7.C5H12O/c11-1-9(2-12,3-13)7-17-8-10(4-14,5-15)6-16;1-2-3-4-5-6/h11-16H,1-8H2;6H,2-5H2,1H3. The van der Waals surface area contributed by atoms with Gasteiger partial charge in [-0.05, 0) is 6.42 Å². The van der Waals surface area contributed by atoms with Crippen LogP contribution >= 0.6 is 0 Å². The average molecular weight is 342 g/mol. The first-order chi connectivity index (χ1) is 11.0. The molecule has 0 aromatic heterocycles. The van der Waals surface area contributed by atoms with E-state index in [1.54, 1.807) is 0 Å². The van der Waals surface area contributed by atoms with Crippen molar-refractivity contribution in [1.82, 2.24) is 0 Å². The molecule has 0 rings (SSSR count). The van der Waals surface area contributed by atoms with Crippen LogP contribution in [0.3, 0.4) is 0 Å². The van der Waals surface area contributed by atoms with E-state index in [1.807, 2.05) is 0 Å². The minimum Gasteiger partial charge on any atom is -0.396 e. The van der Waals surface area contributed by atoms with Gasteiger partial charge in [0.1, 0.15) is 0 Å². The molecule has 8 nitrogen and oxygen atoms in total. The Bertz CT molecular complexity index is 201. The second-order valence-electron chi connectivity index (χ2n) is 5.87. The Morgan fingerprint density at radius 2 is 0.957 bits per heavy atom. The lowest BCUT2D eigenvalue weighted by atomic mass is 9.91. The zero-order chi connectivity index (χ0) is 18.2. The van der Waals surface area contributed by atoms with Gasteiger partial charge in [0, 0.05) is 6.61 Å². The van der Waals surface area contributed by atoms with Crippen LogP contribution in [0.15, 0.2) is 0 Å². The molecular formula is C15H34O8. The molecule has 0 saturated carbocycles. The molecule has 0 saturated heterocycles. The van der Waals surface area contributed by atoms with Crippen molar-refractivity contribution in [2.75, 3.05) is 59.5 Å². The number of aliphatic hydroxyl groups is 7. The highest BCUT2D eigenvalue weighted by molar-refractivity contribution is 4.80. The Morgan fingerprint density at radius 1 is 0.609 bits per heavy atom. The van der Waals surface area contributed by atoms with Crippen LogP contribution in [0.4, 0.5) is 0 Å². The monoisotopic (exact) mass is 342 g/mol. The van der Waals surface area contributed by atoms with Crippen molar-refractivity contribution in [3.05, 3.63) is 0 Å². The molecule has 0 spiro atoms. The van der Waals surface area contributed by atoms with Crippen molar-refractivity contribution in [1.29, 1.82) is 0 Å². The van der Waals surface area contributed by atoms with E-state index in [9.17, 15) is 0 Å². The summed E-state index contributed by atoms with van der Waals surface area (Å²) in [6, 6.07) is 0. The second-order valence-corrected chi connectivity index (χ2v) is 5.87. The van der Waals surface area contributed by atoms with E-state index in [1.165, 1.54) is 6.42 Å². The molecule has 7 N–H and O–H groups in total. The maximum Gasteiger partial charge on any atom is 0.0629 e. The van der Waals surface area contributed by atoms with Gasteiger partial charge in [-0.3, -0.25) is 0 Å². The summed E-state index contributed by atoms with van der Waals surface area (Å²) in [4.78, 5) is 0. The summed E-state index contributed by atoms with van der Waals surface area (Å²) >= 11 is 0. The summed E-state index contributed by atoms with van der Waals surface area (Å²) in [6.45, 7) is -0.530. The Labute approximate surface area is 138 Å². The molecule has 0 heterocycles. The van der Waals surface area contributed by atoms with Crippen molar-refractivity contribution in [2.24, 2.45) is 10.8 Å². The van der Waals surface area contributed by atoms with E-state index in [0.717, 1.165) is 12.8 Å². The second kappa shape index (κ2) is 15.2. The minimum absolute atomic E-state index is 0.141. The van der Waals surface area contributed by atoms with Gasteiger partial charge in [0.15, 0.2) is 0 Å². The summed E-state index contributed by atoms with van der Waals surface area (Å²) in [6.07, 6.45) is 3.33. The molecule has 0 aliphatic heterocycles. The van der Waals surface area contributed by atoms with Crippen LogP contribution in [0, 0.1) is 10.8 Å². The summed E-state index contributed by atoms with van der Waals surface area (Å²) in [5.74, 6) is 0. The van der Waals surface area contributed by atoms with Gasteiger partial charge in [-0.1, -0.05) is 19.8 Å². The Hall–Kier alpha value is -0.320. The average Bonchev–Trinajstić information content (AvgIpc) is 2.62. The van der Waals surface area contributed by atoms with Gasteiger partial charge in [0.05, 0.1) is 63.7 Å². The van der Waals surface area contributed by atoms with Crippen LogP contribution < -0.4 is 0 Å². The van der Waals surface area contributed by atoms with Crippen LogP contribution in [-0.4, -0.2) is 95.2 Å². The van der Waals surface area contributed by atoms with E-state index in [-0.39, 0.29) is 13.2 Å². The Morgan fingerprint density at radius 3 is 1.13 bits per heavy atom. The van der Waals surface area contributed by atoms with Crippen LogP contribution in [0.2, 0.25) is 0 Å². The number of aliphatic hydroxyl groups excluding tert-OH is 7. The van der Waals surface area contributed by atoms with Gasteiger partial charge in [-0.2, -0.15) is 0 Å². The third kappa shape index (κ3) is 10.2. The third-order valence-corrected chi connectivity index (χ3v) is 3.59. The lowest BCUT2D eigenvalue weighted by Gasteiger charge is -2.31. The normalized spacial score (nSPS) is 12.0. The largest absolute Gasteiger partial charge is 0.396 e. The first-order valence-electron chi connectivity index (χ1n) is 7.83. The zero-order valence-corrected chi connectivity index (χ0v) is 14.0. The number of hydrogen-bond donors (Lipinski definition) is 7. The van der Waals surface area contributed by atoms with Gasteiger partial charge in [-0.25, -0.2) is 0 Å². The molecule has 23 heavy (non-hydrogen) atoms. The fourth-order valence-electron chi connectivity index (χ4n) is 1.42. The molecule has 0 fully saturated rings. The van der Waals surface area contributed by atoms with Crippen LogP contribution in [0.5, 0.6) is 0 Å². The predicted octanol–water partition coefficient (Wildman–Crippen LogP) is -1.90. The van der Waals surface area contributed by atoms with Crippen molar-refractivity contribution in [3.8, 4) is 0 Å². The number of unbranched alkanes of at least 4 members (excludes halogenated alkanes) is 2. The zero-order valence-electron chi connectivity index (χ0n) is 14.0. The molecule has 0 aromatic carbocycles. The van der Waals surface area contributed by atoms with Gasteiger partial charge in [-0.15, -0.1) is 0 Å². The Balaban J connectivity index is 0. The summed E-state index contributed by atoms with van der Waals surface area (Å²) in [5, 5.41) is 62.4. The lowest BCUT2D eigenvalue weighted by Crippen LogP contribution is -2.43. The highest BCUT2D eigenvalue weighted by Gasteiger charge is 2.32. The van der Waals surface area contributed by atoms with Gasteiger partial charge in [0.2, 0.25) is 0 Å². The molecule has 142 valence electrons. The van der Waals surface area contributed by atoms with E-state index >= 15 is 0 Å². The SMILES string of the molecule is CCCCCO.OCC(CO)(CO)COCC(CO)(CO)CO. The maximum atomic E-state index is 9.03. The van der Waals surface area contributed by atoms with Crippen LogP contribution in [-0.2, 0) is 4.74 Å². The quantitative estimate of drug-likeness (QED) is 0.192. The fourth-order valence-corrected chi connectivity index (χ4v) is 1.42. The van der Waals surface area contributed by atoms with Crippen LogP contribution in [0.1, 0.15) is 26.2 Å². The van der Waals surface area contributed by atoms with E-state index in [2.05, 4.69) is 6.92 Å².